The predicted octanol–water partition coefficient (Wildman–Crippen LogP) is 6.06. The molecule has 0 aromatic heterocycles. The lowest BCUT2D eigenvalue weighted by Crippen LogP contribution is -2.14. The number of unbranched alkanes of at least 4 members (excludes halogenated alkanes) is 6. The molecule has 2 atom stereocenters. The molecule has 0 N–H and O–H groups in total. The average molecular weight is 226 g/mol. The Morgan fingerprint density at radius 3 is 1.69 bits per heavy atom. The van der Waals surface area contributed by atoms with E-state index in [0.29, 0.717) is 0 Å². The van der Waals surface area contributed by atoms with Crippen molar-refractivity contribution in [3.05, 3.63) is 0 Å². The lowest BCUT2D eigenvalue weighted by atomic mass is 9.83. The molecular formula is C16H34. The molecule has 0 aliphatic heterocycles. The number of hydrogen-bond acceptors (Lipinski definition) is 0. The van der Waals surface area contributed by atoms with E-state index < -0.39 is 0 Å². The summed E-state index contributed by atoms with van der Waals surface area (Å²) in [5.74, 6) is 2.65. The highest BCUT2D eigenvalue weighted by Gasteiger charge is 2.14. The van der Waals surface area contributed by atoms with Crippen LogP contribution in [0.5, 0.6) is 0 Å². The summed E-state index contributed by atoms with van der Waals surface area (Å²) in [6.07, 6.45) is 11.5. The molecule has 0 radical (unpaired) electrons. The summed E-state index contributed by atoms with van der Waals surface area (Å²) < 4.78 is 0. The van der Waals surface area contributed by atoms with E-state index in [0.717, 1.165) is 17.8 Å². The summed E-state index contributed by atoms with van der Waals surface area (Å²) in [6, 6.07) is 0. The van der Waals surface area contributed by atoms with Crippen LogP contribution in [0.1, 0.15) is 86.0 Å². The third-order valence-corrected chi connectivity index (χ3v) is 4.21. The maximum absolute atomic E-state index is 2.43. The third-order valence-electron chi connectivity index (χ3n) is 4.21. The smallest absolute Gasteiger partial charge is 0.0394 e. The molecule has 16 heavy (non-hydrogen) atoms. The van der Waals surface area contributed by atoms with Gasteiger partial charge in [-0.1, -0.05) is 86.0 Å². The van der Waals surface area contributed by atoms with Gasteiger partial charge in [0.05, 0.1) is 0 Å². The van der Waals surface area contributed by atoms with E-state index in [1.165, 1.54) is 51.4 Å². The van der Waals surface area contributed by atoms with Crippen LogP contribution in [0.3, 0.4) is 0 Å². The first-order valence-corrected chi connectivity index (χ1v) is 7.59. The SMILES string of the molecule is CCCCCCCCCC(C)C(C)C(C)C. The van der Waals surface area contributed by atoms with Crippen LogP contribution in [0.4, 0.5) is 0 Å². The molecule has 0 aliphatic carbocycles. The molecule has 0 saturated carbocycles. The Kier molecular flexibility index (Phi) is 10.2. The Morgan fingerprint density at radius 1 is 0.688 bits per heavy atom. The number of hydrogen-bond donors (Lipinski definition) is 0. The van der Waals surface area contributed by atoms with E-state index in [1.807, 2.05) is 0 Å². The first-order chi connectivity index (χ1) is 7.59. The molecule has 0 aromatic rings. The van der Waals surface area contributed by atoms with Gasteiger partial charge < -0.3 is 0 Å². The molecule has 0 heterocycles. The van der Waals surface area contributed by atoms with Gasteiger partial charge in [0.1, 0.15) is 0 Å². The zero-order valence-corrected chi connectivity index (χ0v) is 12.4. The van der Waals surface area contributed by atoms with E-state index in [2.05, 4.69) is 34.6 Å². The van der Waals surface area contributed by atoms with Gasteiger partial charge in [-0.15, -0.1) is 0 Å². The third kappa shape index (κ3) is 8.19. The van der Waals surface area contributed by atoms with Crippen molar-refractivity contribution < 1.29 is 0 Å². The highest BCUT2D eigenvalue weighted by Crippen LogP contribution is 2.24. The molecular weight excluding hydrogens is 192 g/mol. The van der Waals surface area contributed by atoms with Crippen molar-refractivity contribution in [2.45, 2.75) is 86.0 Å². The Hall–Kier alpha value is 0. The van der Waals surface area contributed by atoms with Crippen molar-refractivity contribution in [3.8, 4) is 0 Å². The van der Waals surface area contributed by atoms with Crippen LogP contribution < -0.4 is 0 Å². The minimum atomic E-state index is 0.847. The Labute approximate surface area is 104 Å². The molecule has 0 amide bonds. The zero-order chi connectivity index (χ0) is 12.4. The average Bonchev–Trinajstić information content (AvgIpc) is 2.26. The van der Waals surface area contributed by atoms with Crippen molar-refractivity contribution in [2.24, 2.45) is 17.8 Å². The Morgan fingerprint density at radius 2 is 1.19 bits per heavy atom. The fourth-order valence-electron chi connectivity index (χ4n) is 2.34. The van der Waals surface area contributed by atoms with Crippen molar-refractivity contribution >= 4 is 0 Å². The minimum Gasteiger partial charge on any atom is -0.0654 e. The molecule has 0 spiro atoms. The Balaban J connectivity index is 3.31. The Bertz CT molecular complexity index is 137. The van der Waals surface area contributed by atoms with Crippen molar-refractivity contribution in [3.63, 3.8) is 0 Å². The predicted molar refractivity (Wildman–Crippen MR) is 75.8 cm³/mol. The van der Waals surface area contributed by atoms with E-state index in [9.17, 15) is 0 Å². The molecule has 0 nitrogen and oxygen atoms in total. The molecule has 0 rings (SSSR count). The van der Waals surface area contributed by atoms with E-state index in [1.54, 1.807) is 0 Å². The number of rotatable bonds is 10. The topological polar surface area (TPSA) is 0 Å². The second kappa shape index (κ2) is 10.2. The normalized spacial score (nSPS) is 15.4. The molecule has 0 bridgehead atoms. The molecule has 2 unspecified atom stereocenters. The summed E-state index contributed by atoms with van der Waals surface area (Å²) in [6.45, 7) is 11.8. The quantitative estimate of drug-likeness (QED) is 0.397. The lowest BCUT2D eigenvalue weighted by molar-refractivity contribution is 0.275. The summed E-state index contributed by atoms with van der Waals surface area (Å²) in [4.78, 5) is 0. The van der Waals surface area contributed by atoms with Gasteiger partial charge in [0.25, 0.3) is 0 Å². The lowest BCUT2D eigenvalue weighted by Gasteiger charge is -2.23. The van der Waals surface area contributed by atoms with Crippen LogP contribution in [0.25, 0.3) is 0 Å². The summed E-state index contributed by atoms with van der Waals surface area (Å²) in [7, 11) is 0. The maximum Gasteiger partial charge on any atom is -0.0394 e. The van der Waals surface area contributed by atoms with Crippen molar-refractivity contribution in [1.29, 1.82) is 0 Å². The summed E-state index contributed by atoms with van der Waals surface area (Å²) in [5, 5.41) is 0. The van der Waals surface area contributed by atoms with Crippen molar-refractivity contribution in [1.82, 2.24) is 0 Å². The first kappa shape index (κ1) is 16.0. The van der Waals surface area contributed by atoms with Crippen LogP contribution in [-0.2, 0) is 0 Å². The van der Waals surface area contributed by atoms with Crippen LogP contribution >= 0.6 is 0 Å². The fraction of sp³-hybridized carbons (Fsp3) is 1.00. The molecule has 98 valence electrons. The van der Waals surface area contributed by atoms with Crippen LogP contribution in [0.2, 0.25) is 0 Å². The largest absolute Gasteiger partial charge is 0.0654 e. The summed E-state index contributed by atoms with van der Waals surface area (Å²) in [5.41, 5.74) is 0. The summed E-state index contributed by atoms with van der Waals surface area (Å²) >= 11 is 0. The van der Waals surface area contributed by atoms with Crippen molar-refractivity contribution in [2.75, 3.05) is 0 Å². The molecule has 0 heteroatoms. The van der Waals surface area contributed by atoms with E-state index in [4.69, 9.17) is 0 Å². The van der Waals surface area contributed by atoms with Gasteiger partial charge in [-0.05, 0) is 17.8 Å². The standard InChI is InChI=1S/C16H34/c1-6-7-8-9-10-11-12-13-15(4)16(5)14(2)3/h14-16H,6-13H2,1-5H3. The molecule has 0 aliphatic rings. The van der Waals surface area contributed by atoms with Crippen LogP contribution in [0.15, 0.2) is 0 Å². The van der Waals surface area contributed by atoms with Gasteiger partial charge in [-0.2, -0.15) is 0 Å². The maximum atomic E-state index is 2.43. The second-order valence-corrected chi connectivity index (χ2v) is 5.99. The molecule has 0 fully saturated rings. The zero-order valence-electron chi connectivity index (χ0n) is 12.4. The van der Waals surface area contributed by atoms with Crippen LogP contribution in [0, 0.1) is 17.8 Å². The van der Waals surface area contributed by atoms with Gasteiger partial charge in [0, 0.05) is 0 Å². The van der Waals surface area contributed by atoms with Gasteiger partial charge in [0.2, 0.25) is 0 Å². The van der Waals surface area contributed by atoms with Gasteiger partial charge in [-0.25, -0.2) is 0 Å². The van der Waals surface area contributed by atoms with E-state index >= 15 is 0 Å². The molecule has 0 saturated heterocycles. The molecule has 0 aromatic carbocycles. The van der Waals surface area contributed by atoms with Gasteiger partial charge in [0.15, 0.2) is 0 Å². The first-order valence-electron chi connectivity index (χ1n) is 7.59. The van der Waals surface area contributed by atoms with Gasteiger partial charge in [-0.3, -0.25) is 0 Å². The fourth-order valence-corrected chi connectivity index (χ4v) is 2.34. The van der Waals surface area contributed by atoms with E-state index in [-0.39, 0.29) is 0 Å². The highest BCUT2D eigenvalue weighted by atomic mass is 14.2. The monoisotopic (exact) mass is 226 g/mol. The van der Waals surface area contributed by atoms with Gasteiger partial charge >= 0.3 is 0 Å². The highest BCUT2D eigenvalue weighted by molar-refractivity contribution is 4.65. The van der Waals surface area contributed by atoms with Crippen LogP contribution in [-0.4, -0.2) is 0 Å². The minimum absolute atomic E-state index is 0.847. The second-order valence-electron chi connectivity index (χ2n) is 5.99.